The predicted molar refractivity (Wildman–Crippen MR) is 52.4 cm³/mol. The van der Waals surface area contributed by atoms with Crippen LogP contribution in [0.15, 0.2) is 25.6 Å². The summed E-state index contributed by atoms with van der Waals surface area (Å²) in [5.74, 6) is 0. The molecule has 2 heteroatoms. The number of hydrogen-bond acceptors (Lipinski definition) is 2. The van der Waals surface area contributed by atoms with E-state index in [1.165, 1.54) is 6.26 Å². The molecule has 2 nitrogen and oxygen atoms in total. The van der Waals surface area contributed by atoms with Crippen LogP contribution in [0.3, 0.4) is 0 Å². The van der Waals surface area contributed by atoms with E-state index < -0.39 is 0 Å². The van der Waals surface area contributed by atoms with E-state index >= 15 is 0 Å². The third-order valence-electron chi connectivity index (χ3n) is 0.532. The number of hydrogen-bond donors (Lipinski definition) is 0. The smallest absolute Gasteiger partial charge is 0.0766 e. The number of rotatable bonds is 2. The lowest BCUT2D eigenvalue weighted by Gasteiger charge is -1.98. The Balaban J connectivity index is -0.000000105. The summed E-state index contributed by atoms with van der Waals surface area (Å²) in [6.45, 7) is 9.03. The molecular weight excluding hydrogens is 138 g/mol. The highest BCUT2D eigenvalue weighted by atomic mass is 16.5. The van der Waals surface area contributed by atoms with Gasteiger partial charge in [0.15, 0.2) is 0 Å². The first-order chi connectivity index (χ1) is 5.60. The van der Waals surface area contributed by atoms with Crippen molar-refractivity contribution in [3.8, 4) is 0 Å². The van der Waals surface area contributed by atoms with Gasteiger partial charge in [-0.3, -0.25) is 0 Å². The van der Waals surface area contributed by atoms with Gasteiger partial charge in [0.25, 0.3) is 0 Å². The lowest BCUT2D eigenvalue weighted by atomic mass is 10.9. The van der Waals surface area contributed by atoms with E-state index in [4.69, 9.17) is 1.37 Å². The molecule has 0 radical (unpaired) electrons. The van der Waals surface area contributed by atoms with Crippen molar-refractivity contribution in [3.63, 3.8) is 0 Å². The van der Waals surface area contributed by atoms with Crippen molar-refractivity contribution in [2.75, 3.05) is 21.2 Å². The molecular formula is C9H21NO. The van der Waals surface area contributed by atoms with Gasteiger partial charge in [-0.05, 0) is 6.20 Å². The molecule has 0 spiro atoms. The van der Waals surface area contributed by atoms with Crippen LogP contribution in [-0.4, -0.2) is 26.1 Å². The predicted octanol–water partition coefficient (Wildman–Crippen LogP) is 2.49. The van der Waals surface area contributed by atoms with Gasteiger partial charge in [-0.2, -0.15) is 0 Å². The Hall–Kier alpha value is -0.920. The zero-order valence-electron chi connectivity index (χ0n) is 9.13. The Bertz CT molecular complexity index is 84.6. The second-order valence-electron chi connectivity index (χ2n) is 1.55. The Morgan fingerprint density at radius 2 is 1.64 bits per heavy atom. The monoisotopic (exact) mass is 160 g/mol. The van der Waals surface area contributed by atoms with Crippen molar-refractivity contribution in [1.82, 2.24) is 4.90 Å². The molecule has 68 valence electrons. The van der Waals surface area contributed by atoms with Crippen molar-refractivity contribution in [2.24, 2.45) is 0 Å². The molecule has 0 aromatic heterocycles. The van der Waals surface area contributed by atoms with Crippen LogP contribution in [0.1, 0.15) is 15.2 Å². The summed E-state index contributed by atoms with van der Waals surface area (Å²) < 4.78 is 10.5. The Kier molecular flexibility index (Phi) is 26.6. The lowest BCUT2D eigenvalue weighted by Crippen LogP contribution is -1.97. The molecule has 0 unspecified atom stereocenters. The standard InChI is InChI=1S/C4H9N.C3H6O.C2H6/c1-4-5(2)3;1-3-4-2;1-2/h4H,1H2,2-3H3;3H,1H2,2H3;1-2H3/i;;1D. The molecule has 0 aliphatic rings. The first-order valence-electron chi connectivity index (χ1n) is 4.03. The van der Waals surface area contributed by atoms with Gasteiger partial charge >= 0.3 is 0 Å². The summed E-state index contributed by atoms with van der Waals surface area (Å²) in [4.78, 5) is 1.89. The first-order valence-corrected chi connectivity index (χ1v) is 3.32. The van der Waals surface area contributed by atoms with Gasteiger partial charge in [-0.1, -0.05) is 27.0 Å². The van der Waals surface area contributed by atoms with Crippen LogP contribution in [0.5, 0.6) is 0 Å². The highest BCUT2D eigenvalue weighted by molar-refractivity contribution is 4.59. The molecule has 0 heterocycles. The summed E-state index contributed by atoms with van der Waals surface area (Å²) in [7, 11) is 5.44. The Morgan fingerprint density at radius 1 is 1.45 bits per heavy atom. The zero-order valence-corrected chi connectivity index (χ0v) is 8.13. The highest BCUT2D eigenvalue weighted by Gasteiger charge is 1.62. The van der Waals surface area contributed by atoms with Gasteiger partial charge in [-0.15, -0.1) is 0 Å². The van der Waals surface area contributed by atoms with Gasteiger partial charge in [0.1, 0.15) is 0 Å². The molecule has 0 saturated carbocycles. The third-order valence-corrected chi connectivity index (χ3v) is 0.532. The molecule has 0 aliphatic carbocycles. The zero-order chi connectivity index (χ0) is 10.4. The van der Waals surface area contributed by atoms with Crippen LogP contribution >= 0.6 is 0 Å². The fourth-order valence-electron chi connectivity index (χ4n) is 0. The Morgan fingerprint density at radius 3 is 1.64 bits per heavy atom. The second kappa shape index (κ2) is 23.0. The molecule has 0 rings (SSSR count). The van der Waals surface area contributed by atoms with E-state index in [2.05, 4.69) is 17.9 Å². The molecule has 0 aromatic carbocycles. The average molecular weight is 160 g/mol. The van der Waals surface area contributed by atoms with Crippen LogP contribution < -0.4 is 0 Å². The van der Waals surface area contributed by atoms with Crippen LogP contribution in [0.4, 0.5) is 0 Å². The quantitative estimate of drug-likeness (QED) is 0.575. The second-order valence-corrected chi connectivity index (χ2v) is 1.55. The molecule has 0 fully saturated rings. The topological polar surface area (TPSA) is 12.5 Å². The molecule has 0 atom stereocenters. The number of ether oxygens (including phenoxy) is 1. The summed E-state index contributed by atoms with van der Waals surface area (Å²) >= 11 is 0. The van der Waals surface area contributed by atoms with Crippen molar-refractivity contribution < 1.29 is 6.11 Å². The highest BCUT2D eigenvalue weighted by Crippen LogP contribution is 1.64. The van der Waals surface area contributed by atoms with E-state index in [-0.39, 0.29) is 0 Å². The molecule has 0 aromatic rings. The largest absolute Gasteiger partial charge is 0.505 e. The SMILES string of the molecule is C=CN(C)C.C=COC.[2H]CC. The van der Waals surface area contributed by atoms with E-state index in [0.29, 0.717) is 6.90 Å². The maximum Gasteiger partial charge on any atom is 0.0766 e. The summed E-state index contributed by atoms with van der Waals surface area (Å²) in [6, 6.07) is 0. The minimum Gasteiger partial charge on any atom is -0.505 e. The normalized spacial score (nSPS) is 6.73. The van der Waals surface area contributed by atoms with E-state index in [9.17, 15) is 0 Å². The van der Waals surface area contributed by atoms with Gasteiger partial charge in [-0.25, -0.2) is 0 Å². The van der Waals surface area contributed by atoms with Crippen molar-refractivity contribution >= 4 is 0 Å². The van der Waals surface area contributed by atoms with E-state index in [1.54, 1.807) is 20.2 Å². The first kappa shape index (κ1) is 12.7. The number of methoxy groups -OCH3 is 1. The van der Waals surface area contributed by atoms with Crippen LogP contribution in [0.2, 0.25) is 0 Å². The Labute approximate surface area is 72.6 Å². The number of nitrogens with zero attached hydrogens (tertiary/aromatic N) is 1. The fraction of sp³-hybridized carbons (Fsp3) is 0.556. The van der Waals surface area contributed by atoms with Crippen molar-refractivity contribution in [2.45, 2.75) is 13.8 Å². The fourth-order valence-corrected chi connectivity index (χ4v) is 0. The molecule has 0 N–H and O–H groups in total. The maximum absolute atomic E-state index is 6.21. The summed E-state index contributed by atoms with van der Waals surface area (Å²) in [5.41, 5.74) is 0. The maximum atomic E-state index is 6.21. The molecule has 0 saturated heterocycles. The molecule has 0 amide bonds. The van der Waals surface area contributed by atoms with Gasteiger partial charge in [0.05, 0.1) is 13.4 Å². The van der Waals surface area contributed by atoms with Gasteiger partial charge in [0.2, 0.25) is 0 Å². The minimum atomic E-state index is 0.500. The van der Waals surface area contributed by atoms with Crippen LogP contribution in [0, 0.1) is 0 Å². The lowest BCUT2D eigenvalue weighted by molar-refractivity contribution is 0.339. The van der Waals surface area contributed by atoms with E-state index in [0.717, 1.165) is 0 Å². The van der Waals surface area contributed by atoms with E-state index in [1.807, 2.05) is 19.0 Å². The van der Waals surface area contributed by atoms with Crippen LogP contribution in [0.25, 0.3) is 0 Å². The third kappa shape index (κ3) is 105. The van der Waals surface area contributed by atoms with Gasteiger partial charge in [0, 0.05) is 15.5 Å². The average Bonchev–Trinajstić information content (AvgIpc) is 2.06. The summed E-state index contributed by atoms with van der Waals surface area (Å²) in [6.07, 6.45) is 3.12. The molecule has 0 aliphatic heterocycles. The van der Waals surface area contributed by atoms with Crippen molar-refractivity contribution in [3.05, 3.63) is 25.6 Å². The summed E-state index contributed by atoms with van der Waals surface area (Å²) in [5, 5.41) is 0. The minimum absolute atomic E-state index is 0.500. The van der Waals surface area contributed by atoms with Crippen LogP contribution in [-0.2, 0) is 4.74 Å². The van der Waals surface area contributed by atoms with Crippen molar-refractivity contribution in [1.29, 1.82) is 0 Å². The molecule has 0 bridgehead atoms. The van der Waals surface area contributed by atoms with Gasteiger partial charge < -0.3 is 9.64 Å². The molecule has 11 heavy (non-hydrogen) atoms.